The quantitative estimate of drug-likeness (QED) is 0.824. The van der Waals surface area contributed by atoms with Crippen LogP contribution in [0.25, 0.3) is 10.9 Å². The molecule has 0 spiro atoms. The minimum atomic E-state index is -1.16. The minimum absolute atomic E-state index is 0.759. The van der Waals surface area contributed by atoms with Gasteiger partial charge >= 0.3 is 7.48 Å². The largest absolute Gasteiger partial charge is 0.848 e. The lowest BCUT2D eigenvalue weighted by atomic mass is 9.82. The van der Waals surface area contributed by atoms with Crippen LogP contribution in [0.1, 0.15) is 27.7 Å². The summed E-state index contributed by atoms with van der Waals surface area (Å²) in [5, 5.41) is 13.1. The fourth-order valence-corrected chi connectivity index (χ4v) is 1.54. The van der Waals surface area contributed by atoms with E-state index >= 15 is 0 Å². The van der Waals surface area contributed by atoms with E-state index in [1.54, 1.807) is 21.3 Å². The fourth-order valence-electron chi connectivity index (χ4n) is 1.54. The molecule has 0 aliphatic carbocycles. The van der Waals surface area contributed by atoms with Gasteiger partial charge in [-0.1, -0.05) is 37.6 Å². The van der Waals surface area contributed by atoms with Crippen molar-refractivity contribution in [1.29, 1.82) is 0 Å². The highest BCUT2D eigenvalue weighted by atomic mass is 16.5. The maximum Gasteiger partial charge on any atom is 0.332 e. The number of hydrogen-bond acceptors (Lipinski definition) is 2. The predicted molar refractivity (Wildman–Crippen MR) is 72.9 cm³/mol. The molecular formula is C14H18BNO2-. The van der Waals surface area contributed by atoms with E-state index in [1.807, 2.05) is 44.3 Å². The Bertz CT molecular complexity index is 540. The van der Waals surface area contributed by atoms with Gasteiger partial charge in [-0.15, -0.1) is 0 Å². The van der Waals surface area contributed by atoms with E-state index in [-0.39, 0.29) is 0 Å². The molecule has 0 aliphatic rings. The van der Waals surface area contributed by atoms with E-state index in [1.165, 1.54) is 0 Å². The van der Waals surface area contributed by atoms with Gasteiger partial charge in [-0.05, 0) is 37.0 Å². The second kappa shape index (κ2) is 4.45. The summed E-state index contributed by atoms with van der Waals surface area (Å²) < 4.78 is 5.69. The van der Waals surface area contributed by atoms with Crippen LogP contribution in [0.2, 0.25) is 0 Å². The lowest BCUT2D eigenvalue weighted by Crippen LogP contribution is -2.57. The molecule has 4 heteroatoms. The maximum atomic E-state index is 12.0. The van der Waals surface area contributed by atoms with Crippen LogP contribution in [0.3, 0.4) is 0 Å². The number of hydrogen-bond donors (Lipinski definition) is 1. The Hall–Kier alpha value is -1.26. The maximum absolute atomic E-state index is 12.0. The summed E-state index contributed by atoms with van der Waals surface area (Å²) in [7, 11) is 1.67. The van der Waals surface area contributed by atoms with E-state index < -0.39 is 11.2 Å². The van der Waals surface area contributed by atoms with Crippen molar-refractivity contribution in [1.82, 2.24) is 4.98 Å². The predicted octanol–water partition coefficient (Wildman–Crippen LogP) is 1.35. The van der Waals surface area contributed by atoms with Crippen molar-refractivity contribution in [3.8, 4) is 0 Å². The van der Waals surface area contributed by atoms with Crippen molar-refractivity contribution in [2.24, 2.45) is 0 Å². The van der Waals surface area contributed by atoms with Gasteiger partial charge in [-0.25, -0.2) is 0 Å². The molecule has 1 N–H and O–H groups in total. The van der Waals surface area contributed by atoms with Gasteiger partial charge < -0.3 is 14.7 Å². The van der Waals surface area contributed by atoms with Gasteiger partial charge in [0.05, 0.1) is 0 Å². The Morgan fingerprint density at radius 2 is 1.83 bits per heavy atom. The zero-order valence-corrected chi connectivity index (χ0v) is 11.3. The third-order valence-electron chi connectivity index (χ3n) is 3.55. The summed E-state index contributed by atoms with van der Waals surface area (Å²) >= 11 is 0. The molecule has 0 bridgehead atoms. The lowest BCUT2D eigenvalue weighted by molar-refractivity contribution is -0.495. The Morgan fingerprint density at radius 3 is 2.50 bits per heavy atom. The number of H-pyrrole nitrogens is 1. The lowest BCUT2D eigenvalue weighted by Gasteiger charge is -2.47. The normalized spacial score (nSPS) is 12.9. The number of rotatable bonds is 4. The van der Waals surface area contributed by atoms with Crippen molar-refractivity contribution >= 4 is 23.8 Å². The van der Waals surface area contributed by atoms with E-state index in [4.69, 9.17) is 4.65 Å². The average molecular weight is 243 g/mol. The van der Waals surface area contributed by atoms with Crippen LogP contribution in [-0.4, -0.2) is 23.7 Å². The molecule has 1 aromatic heterocycles. The average Bonchev–Trinajstić information content (AvgIpc) is 2.68. The zero-order valence-electron chi connectivity index (χ0n) is 11.3. The zero-order chi connectivity index (χ0) is 13.4. The molecule has 0 aliphatic heterocycles. The molecule has 18 heavy (non-hydrogen) atoms. The number of benzene rings is 1. The summed E-state index contributed by atoms with van der Waals surface area (Å²) in [5.41, 5.74) is 0.107. The molecule has 0 atom stereocenters. The van der Waals surface area contributed by atoms with Crippen LogP contribution in [0, 0.1) is 0 Å². The van der Waals surface area contributed by atoms with Gasteiger partial charge in [0, 0.05) is 11.1 Å². The molecule has 0 amide bonds. The van der Waals surface area contributed by atoms with Crippen molar-refractivity contribution in [3.63, 3.8) is 0 Å². The Kier molecular flexibility index (Phi) is 3.26. The van der Waals surface area contributed by atoms with Gasteiger partial charge in [0.1, 0.15) is 0 Å². The molecule has 1 radical (unpaired) electrons. The molecule has 95 valence electrons. The number of nitrogens with one attached hydrogen (secondary N) is 1. The van der Waals surface area contributed by atoms with Gasteiger partial charge in [0.2, 0.25) is 0 Å². The third-order valence-corrected chi connectivity index (χ3v) is 3.55. The summed E-state index contributed by atoms with van der Waals surface area (Å²) in [5.74, 6) is 0. The third kappa shape index (κ3) is 2.45. The summed E-state index contributed by atoms with van der Waals surface area (Å²) in [6, 6.07) is 8.00. The summed E-state index contributed by atoms with van der Waals surface area (Å²) in [6.07, 6.45) is 1.89. The second-order valence-electron chi connectivity index (χ2n) is 5.55. The molecule has 2 aromatic rings. The molecule has 0 fully saturated rings. The first-order chi connectivity index (χ1) is 8.31. The van der Waals surface area contributed by atoms with Crippen LogP contribution in [0.5, 0.6) is 0 Å². The highest BCUT2D eigenvalue weighted by Crippen LogP contribution is 2.21. The molecule has 2 rings (SSSR count). The standard InChI is InChI=1S/C14H18BNO2/c1-13(2,17)14(3,4)18-15-11-9-16-12-8-6-5-7-10(11)12/h5-9,16H,1-4H3/q-1. The molecule has 0 unspecified atom stereocenters. The van der Waals surface area contributed by atoms with Gasteiger partial charge in [0.25, 0.3) is 0 Å². The van der Waals surface area contributed by atoms with Gasteiger partial charge in [-0.2, -0.15) is 0 Å². The molecule has 0 saturated carbocycles. The summed E-state index contributed by atoms with van der Waals surface area (Å²) in [6.45, 7) is 6.89. The van der Waals surface area contributed by atoms with Gasteiger partial charge in [0.15, 0.2) is 0 Å². The van der Waals surface area contributed by atoms with Gasteiger partial charge in [-0.3, -0.25) is 0 Å². The smallest absolute Gasteiger partial charge is 0.332 e. The Balaban J connectivity index is 2.16. The van der Waals surface area contributed by atoms with E-state index in [0.717, 1.165) is 16.4 Å². The number of aromatic nitrogens is 1. The molecular weight excluding hydrogens is 225 g/mol. The first-order valence-electron chi connectivity index (χ1n) is 6.09. The van der Waals surface area contributed by atoms with Crippen LogP contribution in [-0.2, 0) is 4.65 Å². The van der Waals surface area contributed by atoms with Crippen LogP contribution >= 0.6 is 0 Å². The topological polar surface area (TPSA) is 48.1 Å². The molecule has 1 aromatic carbocycles. The van der Waals surface area contributed by atoms with Crippen LogP contribution in [0.15, 0.2) is 30.5 Å². The highest BCUT2D eigenvalue weighted by molar-refractivity contribution is 6.51. The Labute approximate surface area is 108 Å². The molecule has 0 saturated heterocycles. The van der Waals surface area contributed by atoms with Crippen molar-refractivity contribution in [2.75, 3.05) is 0 Å². The van der Waals surface area contributed by atoms with Crippen LogP contribution in [0.4, 0.5) is 0 Å². The van der Waals surface area contributed by atoms with E-state index in [9.17, 15) is 5.11 Å². The molecule has 1 heterocycles. The monoisotopic (exact) mass is 243 g/mol. The van der Waals surface area contributed by atoms with Crippen molar-refractivity contribution < 1.29 is 9.76 Å². The fraction of sp³-hybridized carbons (Fsp3) is 0.429. The first-order valence-corrected chi connectivity index (χ1v) is 6.09. The Morgan fingerprint density at radius 1 is 1.17 bits per heavy atom. The number of aromatic amines is 1. The molecule has 3 nitrogen and oxygen atoms in total. The van der Waals surface area contributed by atoms with E-state index in [2.05, 4.69) is 4.98 Å². The number of fused-ring (bicyclic) bond motifs is 1. The van der Waals surface area contributed by atoms with Crippen LogP contribution < -0.4 is 10.6 Å². The number of para-hydroxylation sites is 1. The summed E-state index contributed by atoms with van der Waals surface area (Å²) in [4.78, 5) is 3.17. The van der Waals surface area contributed by atoms with Crippen molar-refractivity contribution in [2.45, 2.75) is 38.9 Å². The second-order valence-corrected chi connectivity index (χ2v) is 5.55. The minimum Gasteiger partial charge on any atom is -0.848 e. The SMILES string of the molecule is CC(C)([O-])C(C)(C)O[B]c1c[nH]c2ccccc12. The highest BCUT2D eigenvalue weighted by Gasteiger charge is 2.28. The van der Waals surface area contributed by atoms with E-state index in [0.29, 0.717) is 0 Å². The first kappa shape index (κ1) is 13.2. The van der Waals surface area contributed by atoms with Crippen molar-refractivity contribution in [3.05, 3.63) is 30.5 Å².